The number of nitro groups is 1. The minimum absolute atomic E-state index is 0.117. The number of nitrogen functional groups attached to an aromatic ring is 1. The molecule has 0 spiro atoms. The van der Waals surface area contributed by atoms with E-state index in [0.29, 0.717) is 10.0 Å². The van der Waals surface area contributed by atoms with Gasteiger partial charge in [0.05, 0.1) is 21.6 Å². The summed E-state index contributed by atoms with van der Waals surface area (Å²) in [5.41, 5.74) is 5.72. The van der Waals surface area contributed by atoms with Crippen LogP contribution in [0.3, 0.4) is 0 Å². The number of nitrogens with zero attached hydrogens (tertiary/aromatic N) is 1. The first-order chi connectivity index (χ1) is 9.90. The van der Waals surface area contributed by atoms with Crippen molar-refractivity contribution in [1.29, 1.82) is 5.41 Å². The van der Waals surface area contributed by atoms with E-state index in [4.69, 9.17) is 27.5 Å². The Morgan fingerprint density at radius 3 is 2.67 bits per heavy atom. The first-order valence-electron chi connectivity index (χ1n) is 5.65. The molecule has 2 aromatic carbocycles. The Bertz CT molecular complexity index is 737. The zero-order valence-electron chi connectivity index (χ0n) is 10.5. The number of nitrogens with two attached hydrogens (primary N) is 1. The lowest BCUT2D eigenvalue weighted by molar-refractivity contribution is -0.384. The summed E-state index contributed by atoms with van der Waals surface area (Å²) in [7, 11) is 0. The number of nitrogens with one attached hydrogen (secondary N) is 1. The average Bonchev–Trinajstić information content (AvgIpc) is 2.40. The molecule has 0 aliphatic rings. The Morgan fingerprint density at radius 1 is 1.33 bits per heavy atom. The van der Waals surface area contributed by atoms with Gasteiger partial charge in [0.2, 0.25) is 0 Å². The van der Waals surface area contributed by atoms with E-state index in [1.54, 1.807) is 18.2 Å². The standard InChI is InChI=1S/C13H9BrClN3O3/c14-8-2-1-3-10(12(8)13(16)17)21-11-6-7(18(19)20)4-5-9(11)15/h1-6H,(H3,16,17). The monoisotopic (exact) mass is 369 g/mol. The summed E-state index contributed by atoms with van der Waals surface area (Å²) >= 11 is 9.25. The van der Waals surface area contributed by atoms with Crippen molar-refractivity contribution in [2.75, 3.05) is 0 Å². The van der Waals surface area contributed by atoms with Crippen LogP contribution in [0.25, 0.3) is 0 Å². The van der Waals surface area contributed by atoms with E-state index in [2.05, 4.69) is 15.9 Å². The predicted octanol–water partition coefficient (Wildman–Crippen LogP) is 4.09. The molecule has 0 saturated carbocycles. The highest BCUT2D eigenvalue weighted by atomic mass is 79.9. The molecule has 0 unspecified atom stereocenters. The molecule has 2 aromatic rings. The van der Waals surface area contributed by atoms with Crippen LogP contribution in [0, 0.1) is 15.5 Å². The van der Waals surface area contributed by atoms with Crippen molar-refractivity contribution in [2.45, 2.75) is 0 Å². The summed E-state index contributed by atoms with van der Waals surface area (Å²) in [5.74, 6) is 0.199. The van der Waals surface area contributed by atoms with Crippen LogP contribution in [0.2, 0.25) is 5.02 Å². The van der Waals surface area contributed by atoms with Crippen LogP contribution in [0.4, 0.5) is 5.69 Å². The molecule has 6 nitrogen and oxygen atoms in total. The Kier molecular flexibility index (Phi) is 4.44. The maximum atomic E-state index is 10.8. The van der Waals surface area contributed by atoms with Gasteiger partial charge in [-0.15, -0.1) is 0 Å². The van der Waals surface area contributed by atoms with Crippen LogP contribution in [0.5, 0.6) is 11.5 Å². The van der Waals surface area contributed by atoms with Gasteiger partial charge in [0.15, 0.2) is 5.75 Å². The average molecular weight is 371 g/mol. The quantitative estimate of drug-likeness (QED) is 0.366. The number of non-ortho nitro benzene ring substituents is 1. The van der Waals surface area contributed by atoms with Crippen LogP contribution in [0.1, 0.15) is 5.56 Å². The third-order valence-corrected chi connectivity index (χ3v) is 3.56. The van der Waals surface area contributed by atoms with Crippen LogP contribution in [-0.4, -0.2) is 10.8 Å². The summed E-state index contributed by atoms with van der Waals surface area (Å²) in [6, 6.07) is 8.86. The molecular formula is C13H9BrClN3O3. The summed E-state index contributed by atoms with van der Waals surface area (Å²) in [6.07, 6.45) is 0. The van der Waals surface area contributed by atoms with Gasteiger partial charge in [-0.3, -0.25) is 15.5 Å². The van der Waals surface area contributed by atoms with Crippen molar-refractivity contribution >= 4 is 39.1 Å². The predicted molar refractivity (Wildman–Crippen MR) is 83.3 cm³/mol. The topological polar surface area (TPSA) is 102 Å². The second-order valence-electron chi connectivity index (χ2n) is 4.00. The third kappa shape index (κ3) is 3.32. The van der Waals surface area contributed by atoms with Gasteiger partial charge in [-0.2, -0.15) is 0 Å². The first-order valence-corrected chi connectivity index (χ1v) is 6.82. The highest BCUT2D eigenvalue weighted by Crippen LogP contribution is 2.35. The number of hydrogen-bond acceptors (Lipinski definition) is 4. The van der Waals surface area contributed by atoms with Gasteiger partial charge in [0.1, 0.15) is 11.6 Å². The van der Waals surface area contributed by atoms with E-state index < -0.39 is 4.92 Å². The lowest BCUT2D eigenvalue weighted by Crippen LogP contribution is -2.13. The van der Waals surface area contributed by atoms with Crippen molar-refractivity contribution in [3.8, 4) is 11.5 Å². The van der Waals surface area contributed by atoms with E-state index in [0.717, 1.165) is 0 Å². The Morgan fingerprint density at radius 2 is 2.05 bits per heavy atom. The van der Waals surface area contributed by atoms with Gasteiger partial charge in [-0.1, -0.05) is 17.7 Å². The number of nitro benzene ring substituents is 1. The second kappa shape index (κ2) is 6.11. The minimum atomic E-state index is -0.546. The molecule has 3 N–H and O–H groups in total. The molecule has 0 radical (unpaired) electrons. The molecule has 0 saturated heterocycles. The lowest BCUT2D eigenvalue weighted by atomic mass is 10.2. The van der Waals surface area contributed by atoms with Gasteiger partial charge in [0.25, 0.3) is 5.69 Å². The van der Waals surface area contributed by atoms with Gasteiger partial charge >= 0.3 is 0 Å². The summed E-state index contributed by atoms with van der Waals surface area (Å²) in [5, 5.41) is 18.6. The molecule has 0 heterocycles. The highest BCUT2D eigenvalue weighted by molar-refractivity contribution is 9.10. The van der Waals surface area contributed by atoms with Crippen molar-refractivity contribution < 1.29 is 9.66 Å². The molecule has 0 bridgehead atoms. The highest BCUT2D eigenvalue weighted by Gasteiger charge is 2.15. The molecule has 0 fully saturated rings. The number of ether oxygens (including phenoxy) is 1. The van der Waals surface area contributed by atoms with Crippen molar-refractivity contribution in [3.05, 3.63) is 61.6 Å². The molecule has 8 heteroatoms. The Hall–Kier alpha value is -2.12. The molecule has 21 heavy (non-hydrogen) atoms. The second-order valence-corrected chi connectivity index (χ2v) is 5.26. The summed E-state index contributed by atoms with van der Waals surface area (Å²) < 4.78 is 6.16. The van der Waals surface area contributed by atoms with Gasteiger partial charge in [0, 0.05) is 10.5 Å². The number of halogens is 2. The van der Waals surface area contributed by atoms with Crippen LogP contribution < -0.4 is 10.5 Å². The van der Waals surface area contributed by atoms with Crippen LogP contribution >= 0.6 is 27.5 Å². The normalized spacial score (nSPS) is 10.2. The smallest absolute Gasteiger partial charge is 0.273 e. The molecule has 108 valence electrons. The molecular weight excluding hydrogens is 362 g/mol. The Balaban J connectivity index is 2.48. The number of rotatable bonds is 4. The van der Waals surface area contributed by atoms with Crippen LogP contribution in [-0.2, 0) is 0 Å². The van der Waals surface area contributed by atoms with E-state index in [9.17, 15) is 10.1 Å². The molecule has 0 aliphatic heterocycles. The van der Waals surface area contributed by atoms with E-state index >= 15 is 0 Å². The van der Waals surface area contributed by atoms with Gasteiger partial charge in [-0.25, -0.2) is 0 Å². The van der Waals surface area contributed by atoms with Gasteiger partial charge in [-0.05, 0) is 34.1 Å². The fourth-order valence-electron chi connectivity index (χ4n) is 1.65. The maximum Gasteiger partial charge on any atom is 0.273 e. The molecule has 0 aliphatic carbocycles. The van der Waals surface area contributed by atoms with Crippen molar-refractivity contribution in [1.82, 2.24) is 0 Å². The van der Waals surface area contributed by atoms with E-state index in [1.165, 1.54) is 18.2 Å². The Labute approximate surface area is 133 Å². The third-order valence-electron chi connectivity index (χ3n) is 2.59. The number of amidine groups is 1. The molecule has 0 atom stereocenters. The number of benzene rings is 2. The minimum Gasteiger partial charge on any atom is -0.455 e. The van der Waals surface area contributed by atoms with Crippen molar-refractivity contribution in [2.24, 2.45) is 5.73 Å². The first kappa shape index (κ1) is 15.3. The zero-order chi connectivity index (χ0) is 15.6. The zero-order valence-corrected chi connectivity index (χ0v) is 12.8. The summed E-state index contributed by atoms with van der Waals surface area (Å²) in [4.78, 5) is 10.2. The SMILES string of the molecule is N=C(N)c1c(Br)cccc1Oc1cc([N+](=O)[O-])ccc1Cl. The van der Waals surface area contributed by atoms with E-state index in [-0.39, 0.29) is 28.0 Å². The molecule has 0 amide bonds. The molecule has 2 rings (SSSR count). The van der Waals surface area contributed by atoms with E-state index in [1.807, 2.05) is 0 Å². The summed E-state index contributed by atoms with van der Waals surface area (Å²) in [6.45, 7) is 0. The molecule has 0 aromatic heterocycles. The maximum absolute atomic E-state index is 10.8. The number of hydrogen-bond donors (Lipinski definition) is 2. The lowest BCUT2D eigenvalue weighted by Gasteiger charge is -2.12. The fourth-order valence-corrected chi connectivity index (χ4v) is 2.37. The van der Waals surface area contributed by atoms with Gasteiger partial charge < -0.3 is 10.5 Å². The van der Waals surface area contributed by atoms with Crippen molar-refractivity contribution in [3.63, 3.8) is 0 Å². The van der Waals surface area contributed by atoms with Crippen LogP contribution in [0.15, 0.2) is 40.9 Å². The fraction of sp³-hybridized carbons (Fsp3) is 0. The largest absolute Gasteiger partial charge is 0.455 e.